The Morgan fingerprint density at radius 2 is 1.77 bits per heavy atom. The molecule has 0 unspecified atom stereocenters. The number of anilines is 1. The van der Waals surface area contributed by atoms with E-state index < -0.39 is 16.1 Å². The lowest BCUT2D eigenvalue weighted by atomic mass is 10.1. The molecule has 0 bridgehead atoms. The number of sulfonamides is 1. The quantitative estimate of drug-likeness (QED) is 0.604. The van der Waals surface area contributed by atoms with Gasteiger partial charge in [0, 0.05) is 51.8 Å². The van der Waals surface area contributed by atoms with Crippen LogP contribution in [0.1, 0.15) is 37.3 Å². The molecule has 0 radical (unpaired) electrons. The molecular weight excluding hydrogens is 464 g/mol. The zero-order chi connectivity index (χ0) is 25.0. The lowest BCUT2D eigenvalue weighted by Crippen LogP contribution is -2.48. The van der Waals surface area contributed by atoms with Crippen molar-refractivity contribution in [1.82, 2.24) is 14.5 Å². The molecule has 0 aromatic heterocycles. The van der Waals surface area contributed by atoms with E-state index in [1.165, 1.54) is 21.7 Å². The molecule has 2 aliphatic rings. The first-order valence-corrected chi connectivity index (χ1v) is 13.6. The smallest absolute Gasteiger partial charge is 0.243 e. The van der Waals surface area contributed by atoms with Crippen LogP contribution in [-0.2, 0) is 32.6 Å². The molecular formula is C26H34N4O4S. The van der Waals surface area contributed by atoms with Crippen molar-refractivity contribution in [2.24, 2.45) is 0 Å². The van der Waals surface area contributed by atoms with Crippen LogP contribution in [0.4, 0.5) is 5.69 Å². The monoisotopic (exact) mass is 498 g/mol. The van der Waals surface area contributed by atoms with Crippen LogP contribution in [0.25, 0.3) is 0 Å². The third-order valence-electron chi connectivity index (χ3n) is 6.72. The Balaban J connectivity index is 1.41. The van der Waals surface area contributed by atoms with Crippen LogP contribution in [0.5, 0.6) is 0 Å². The lowest BCUT2D eigenvalue weighted by molar-refractivity contribution is -0.125. The maximum Gasteiger partial charge on any atom is 0.243 e. The van der Waals surface area contributed by atoms with Gasteiger partial charge in [-0.15, -0.1) is 0 Å². The molecule has 4 rings (SSSR count). The summed E-state index contributed by atoms with van der Waals surface area (Å²) in [6.07, 6.45) is 3.07. The van der Waals surface area contributed by atoms with E-state index in [1.807, 2.05) is 25.2 Å². The maximum absolute atomic E-state index is 13.1. The average molecular weight is 499 g/mol. The fraction of sp³-hybridized carbons (Fsp3) is 0.462. The molecule has 8 nitrogen and oxygen atoms in total. The minimum absolute atomic E-state index is 0.227. The van der Waals surface area contributed by atoms with Gasteiger partial charge in [0.2, 0.25) is 21.8 Å². The van der Waals surface area contributed by atoms with Gasteiger partial charge in [-0.3, -0.25) is 14.5 Å². The van der Waals surface area contributed by atoms with Crippen molar-refractivity contribution in [1.29, 1.82) is 0 Å². The first-order valence-electron chi connectivity index (χ1n) is 12.2. The Morgan fingerprint density at radius 3 is 2.46 bits per heavy atom. The van der Waals surface area contributed by atoms with Crippen LogP contribution >= 0.6 is 0 Å². The molecule has 0 saturated carbocycles. The van der Waals surface area contributed by atoms with Crippen LogP contribution in [-0.4, -0.2) is 68.7 Å². The van der Waals surface area contributed by atoms with Crippen molar-refractivity contribution in [2.75, 3.05) is 38.1 Å². The van der Waals surface area contributed by atoms with E-state index in [9.17, 15) is 18.0 Å². The van der Waals surface area contributed by atoms with E-state index in [1.54, 1.807) is 18.2 Å². The molecule has 0 spiro atoms. The van der Waals surface area contributed by atoms with Crippen molar-refractivity contribution in [3.63, 3.8) is 0 Å². The molecule has 0 aliphatic carbocycles. The van der Waals surface area contributed by atoms with Gasteiger partial charge in [0.05, 0.1) is 4.90 Å². The van der Waals surface area contributed by atoms with Crippen LogP contribution in [0, 0.1) is 0 Å². The number of amides is 2. The normalized spacial score (nSPS) is 18.5. The highest BCUT2D eigenvalue weighted by atomic mass is 32.2. The molecule has 2 amide bonds. The molecule has 2 heterocycles. The molecule has 1 N–H and O–H groups in total. The van der Waals surface area contributed by atoms with Crippen LogP contribution in [0.15, 0.2) is 53.4 Å². The maximum atomic E-state index is 13.1. The van der Waals surface area contributed by atoms with Gasteiger partial charge >= 0.3 is 0 Å². The van der Waals surface area contributed by atoms with E-state index in [4.69, 9.17) is 0 Å². The van der Waals surface area contributed by atoms with Gasteiger partial charge in [0.15, 0.2) is 0 Å². The van der Waals surface area contributed by atoms with Gasteiger partial charge < -0.3 is 10.2 Å². The minimum Gasteiger partial charge on any atom is -0.353 e. The number of hydrogen-bond donors (Lipinski definition) is 1. The van der Waals surface area contributed by atoms with E-state index >= 15 is 0 Å². The first-order chi connectivity index (χ1) is 16.8. The number of piperidine rings is 1. The largest absolute Gasteiger partial charge is 0.353 e. The molecule has 2 aromatic rings. The number of nitrogens with one attached hydrogen (secondary N) is 1. The topological polar surface area (TPSA) is 90.0 Å². The summed E-state index contributed by atoms with van der Waals surface area (Å²) in [6.45, 7) is 4.39. The van der Waals surface area contributed by atoms with Gasteiger partial charge in [-0.25, -0.2) is 8.42 Å². The summed E-state index contributed by atoms with van der Waals surface area (Å²) in [5.74, 6) is -0.471. The van der Waals surface area contributed by atoms with Gasteiger partial charge in [-0.05, 0) is 49.2 Å². The van der Waals surface area contributed by atoms with E-state index in [0.29, 0.717) is 43.9 Å². The number of nitrogens with zero attached hydrogens (tertiary/aromatic N) is 3. The number of carbonyl (C=O) groups is 2. The second kappa shape index (κ2) is 10.9. The molecule has 35 heavy (non-hydrogen) atoms. The van der Waals surface area contributed by atoms with E-state index in [2.05, 4.69) is 22.3 Å². The summed E-state index contributed by atoms with van der Waals surface area (Å²) < 4.78 is 27.8. The SMILES string of the molecule is CC(=O)N1c2ccc(S(=O)(=O)N3CCCCC3)cc2C[C@H]1C(=O)NCCN(C)Cc1ccccc1. The minimum atomic E-state index is -3.58. The summed E-state index contributed by atoms with van der Waals surface area (Å²) in [6, 6.07) is 14.3. The van der Waals surface area contributed by atoms with E-state index in [-0.39, 0.29) is 16.7 Å². The zero-order valence-corrected chi connectivity index (χ0v) is 21.3. The van der Waals surface area contributed by atoms with Crippen molar-refractivity contribution in [3.8, 4) is 0 Å². The average Bonchev–Trinajstić information content (AvgIpc) is 3.24. The van der Waals surface area contributed by atoms with Crippen molar-refractivity contribution in [3.05, 3.63) is 59.7 Å². The predicted molar refractivity (Wildman–Crippen MR) is 135 cm³/mol. The standard InChI is InChI=1S/C26H34N4O4S/c1-20(31)30-24-12-11-23(35(33,34)29-14-7-4-8-15-29)17-22(24)18-25(30)26(32)27-13-16-28(2)19-21-9-5-3-6-10-21/h3,5-6,9-12,17,25H,4,7-8,13-16,18-19H2,1-2H3,(H,27,32)/t25-/m0/s1. The van der Waals surface area contributed by atoms with Crippen LogP contribution < -0.4 is 10.2 Å². The highest BCUT2D eigenvalue weighted by Crippen LogP contribution is 2.35. The van der Waals surface area contributed by atoms with Crippen molar-refractivity contribution < 1.29 is 18.0 Å². The Morgan fingerprint density at radius 1 is 1.06 bits per heavy atom. The summed E-state index contributed by atoms with van der Waals surface area (Å²) in [4.78, 5) is 29.3. The third kappa shape index (κ3) is 5.74. The molecule has 188 valence electrons. The number of likely N-dealkylation sites (N-methyl/N-ethyl adjacent to an activating group) is 1. The van der Waals surface area contributed by atoms with Gasteiger partial charge in [0.1, 0.15) is 6.04 Å². The molecule has 9 heteroatoms. The summed E-state index contributed by atoms with van der Waals surface area (Å²) in [5.41, 5.74) is 2.52. The highest BCUT2D eigenvalue weighted by Gasteiger charge is 2.38. The molecule has 2 aliphatic heterocycles. The Hall–Kier alpha value is -2.75. The second-order valence-corrected chi connectivity index (χ2v) is 11.3. The van der Waals surface area contributed by atoms with Gasteiger partial charge in [0.25, 0.3) is 0 Å². The van der Waals surface area contributed by atoms with Crippen molar-refractivity contribution >= 4 is 27.5 Å². The Labute approximate surface area is 207 Å². The number of benzene rings is 2. The van der Waals surface area contributed by atoms with Crippen LogP contribution in [0.3, 0.4) is 0 Å². The Bertz CT molecular complexity index is 1160. The number of rotatable bonds is 8. The number of hydrogen-bond acceptors (Lipinski definition) is 5. The first kappa shape index (κ1) is 25.3. The Kier molecular flexibility index (Phi) is 7.88. The predicted octanol–water partition coefficient (Wildman–Crippen LogP) is 2.39. The fourth-order valence-corrected chi connectivity index (χ4v) is 6.47. The molecule has 1 saturated heterocycles. The zero-order valence-electron chi connectivity index (χ0n) is 20.4. The third-order valence-corrected chi connectivity index (χ3v) is 8.61. The molecule has 2 aromatic carbocycles. The second-order valence-electron chi connectivity index (χ2n) is 9.38. The van der Waals surface area contributed by atoms with Crippen LogP contribution in [0.2, 0.25) is 0 Å². The van der Waals surface area contributed by atoms with E-state index in [0.717, 1.165) is 25.8 Å². The van der Waals surface area contributed by atoms with Crippen molar-refractivity contribution in [2.45, 2.75) is 50.1 Å². The lowest BCUT2D eigenvalue weighted by Gasteiger charge is -2.26. The molecule has 1 fully saturated rings. The summed E-state index contributed by atoms with van der Waals surface area (Å²) >= 11 is 0. The number of carbonyl (C=O) groups excluding carboxylic acids is 2. The molecule has 1 atom stereocenters. The summed E-state index contributed by atoms with van der Waals surface area (Å²) in [5, 5.41) is 2.96. The van der Waals surface area contributed by atoms with Gasteiger partial charge in [-0.2, -0.15) is 4.31 Å². The van der Waals surface area contributed by atoms with Gasteiger partial charge in [-0.1, -0.05) is 36.8 Å². The highest BCUT2D eigenvalue weighted by molar-refractivity contribution is 7.89. The number of fused-ring (bicyclic) bond motifs is 1. The fourth-order valence-electron chi connectivity index (χ4n) is 4.90. The summed E-state index contributed by atoms with van der Waals surface area (Å²) in [7, 11) is -1.59.